The third-order valence-corrected chi connectivity index (χ3v) is 2.36. The van der Waals surface area contributed by atoms with Crippen LogP contribution < -0.4 is 0 Å². The Balaban J connectivity index is 2.76. The van der Waals surface area contributed by atoms with E-state index < -0.39 is 11.8 Å². The molecule has 1 aromatic heterocycles. The quantitative estimate of drug-likeness (QED) is 0.633. The van der Waals surface area contributed by atoms with Crippen LogP contribution in [0.25, 0.3) is 0 Å². The van der Waals surface area contributed by atoms with Gasteiger partial charge in [-0.15, -0.1) is 0 Å². The van der Waals surface area contributed by atoms with E-state index in [-0.39, 0.29) is 12.1 Å². The Hall–Kier alpha value is -0.720. The number of aromatic nitrogens is 1. The normalized spacial score (nSPS) is 9.93. The Labute approximate surface area is 94.8 Å². The summed E-state index contributed by atoms with van der Waals surface area (Å²) in [6.45, 7) is 2.00. The number of nitrogens with zero attached hydrogens (tertiary/aromatic N) is 1. The molecular formula is C9H9FINO2. The van der Waals surface area contributed by atoms with Crippen molar-refractivity contribution in [1.29, 1.82) is 0 Å². The summed E-state index contributed by atoms with van der Waals surface area (Å²) < 4.78 is 18.5. The van der Waals surface area contributed by atoms with Crippen LogP contribution in [0.1, 0.15) is 12.6 Å². The number of rotatable bonds is 3. The average molecular weight is 309 g/mol. The van der Waals surface area contributed by atoms with Gasteiger partial charge >= 0.3 is 5.97 Å². The molecule has 0 saturated heterocycles. The minimum atomic E-state index is -0.457. The third kappa shape index (κ3) is 2.90. The predicted molar refractivity (Wildman–Crippen MR) is 57.2 cm³/mol. The van der Waals surface area contributed by atoms with Crippen molar-refractivity contribution >= 4 is 28.6 Å². The van der Waals surface area contributed by atoms with Crippen LogP contribution in [0, 0.1) is 9.39 Å². The van der Waals surface area contributed by atoms with E-state index in [0.29, 0.717) is 10.2 Å². The second-order valence-electron chi connectivity index (χ2n) is 2.54. The Morgan fingerprint density at radius 1 is 1.71 bits per heavy atom. The molecule has 0 aromatic carbocycles. The van der Waals surface area contributed by atoms with Crippen LogP contribution in [0.5, 0.6) is 0 Å². The van der Waals surface area contributed by atoms with E-state index >= 15 is 0 Å². The van der Waals surface area contributed by atoms with Crippen LogP contribution in [0.2, 0.25) is 0 Å². The van der Waals surface area contributed by atoms with Gasteiger partial charge in [0, 0.05) is 6.20 Å². The number of halogens is 2. The first-order valence-corrected chi connectivity index (χ1v) is 5.17. The standard InChI is InChI=1S/C9H9FINO2/c1-2-14-8(13)5-7-9(10)6(11)3-4-12-7/h3-4H,2,5H2,1H3. The Morgan fingerprint density at radius 3 is 3.07 bits per heavy atom. The molecule has 76 valence electrons. The highest BCUT2D eigenvalue weighted by atomic mass is 127. The molecule has 0 aliphatic rings. The molecule has 0 fully saturated rings. The van der Waals surface area contributed by atoms with E-state index in [9.17, 15) is 9.18 Å². The van der Waals surface area contributed by atoms with Gasteiger partial charge in [0.2, 0.25) is 0 Å². The summed E-state index contributed by atoms with van der Waals surface area (Å²) in [5.41, 5.74) is 0.135. The second-order valence-corrected chi connectivity index (χ2v) is 3.70. The molecule has 14 heavy (non-hydrogen) atoms. The SMILES string of the molecule is CCOC(=O)Cc1nccc(I)c1F. The monoisotopic (exact) mass is 309 g/mol. The average Bonchev–Trinajstić information content (AvgIpc) is 2.13. The zero-order valence-corrected chi connectivity index (χ0v) is 9.75. The summed E-state index contributed by atoms with van der Waals surface area (Å²) in [7, 11) is 0. The number of ether oxygens (including phenoxy) is 1. The first kappa shape index (κ1) is 11.4. The smallest absolute Gasteiger partial charge is 0.311 e. The van der Waals surface area contributed by atoms with E-state index in [2.05, 4.69) is 4.98 Å². The highest BCUT2D eigenvalue weighted by Crippen LogP contribution is 2.13. The van der Waals surface area contributed by atoms with E-state index in [1.807, 2.05) is 22.6 Å². The molecule has 0 amide bonds. The van der Waals surface area contributed by atoms with Crippen molar-refractivity contribution in [3.63, 3.8) is 0 Å². The molecule has 1 rings (SSSR count). The van der Waals surface area contributed by atoms with Crippen molar-refractivity contribution in [2.75, 3.05) is 6.61 Å². The molecule has 0 saturated carbocycles. The highest BCUT2D eigenvalue weighted by Gasteiger charge is 2.12. The minimum absolute atomic E-state index is 0.115. The van der Waals surface area contributed by atoms with Crippen molar-refractivity contribution in [2.45, 2.75) is 13.3 Å². The number of carbonyl (C=O) groups is 1. The number of carbonyl (C=O) groups excluding carboxylic acids is 1. The van der Waals surface area contributed by atoms with Crippen molar-refractivity contribution in [3.05, 3.63) is 27.3 Å². The third-order valence-electron chi connectivity index (χ3n) is 1.53. The molecule has 1 heterocycles. The van der Waals surface area contributed by atoms with Crippen LogP contribution in [0.4, 0.5) is 4.39 Å². The molecule has 0 unspecified atom stereocenters. The van der Waals surface area contributed by atoms with Gasteiger partial charge in [-0.3, -0.25) is 9.78 Å². The lowest BCUT2D eigenvalue weighted by molar-refractivity contribution is -0.142. The molecule has 3 nitrogen and oxygen atoms in total. The maximum atomic E-state index is 13.3. The fourth-order valence-electron chi connectivity index (χ4n) is 0.932. The van der Waals surface area contributed by atoms with E-state index in [4.69, 9.17) is 4.74 Å². The lowest BCUT2D eigenvalue weighted by Gasteiger charge is -2.03. The van der Waals surface area contributed by atoms with Crippen molar-refractivity contribution < 1.29 is 13.9 Å². The first-order chi connectivity index (χ1) is 6.65. The first-order valence-electron chi connectivity index (χ1n) is 4.09. The fraction of sp³-hybridized carbons (Fsp3) is 0.333. The van der Waals surface area contributed by atoms with Gasteiger partial charge in [0.1, 0.15) is 0 Å². The van der Waals surface area contributed by atoms with Gasteiger partial charge in [0.15, 0.2) is 5.82 Å². The summed E-state index contributed by atoms with van der Waals surface area (Å²) in [4.78, 5) is 14.8. The van der Waals surface area contributed by atoms with Crippen molar-refractivity contribution in [1.82, 2.24) is 4.98 Å². The molecule has 0 bridgehead atoms. The number of hydrogen-bond donors (Lipinski definition) is 0. The van der Waals surface area contributed by atoms with Gasteiger partial charge in [0.25, 0.3) is 0 Å². The second kappa shape index (κ2) is 5.23. The van der Waals surface area contributed by atoms with Gasteiger partial charge in [-0.25, -0.2) is 4.39 Å². The molecule has 0 atom stereocenters. The van der Waals surface area contributed by atoms with Crippen LogP contribution in [0.15, 0.2) is 12.3 Å². The molecule has 0 radical (unpaired) electrons. The van der Waals surface area contributed by atoms with Crippen LogP contribution >= 0.6 is 22.6 Å². The van der Waals surface area contributed by atoms with Crippen molar-refractivity contribution in [3.8, 4) is 0 Å². The largest absolute Gasteiger partial charge is 0.466 e. The van der Waals surface area contributed by atoms with Crippen LogP contribution in [-0.4, -0.2) is 17.6 Å². The Bertz CT molecular complexity index is 344. The lowest BCUT2D eigenvalue weighted by Crippen LogP contribution is -2.10. The molecule has 5 heteroatoms. The van der Waals surface area contributed by atoms with Crippen LogP contribution in [0.3, 0.4) is 0 Å². The number of hydrogen-bond acceptors (Lipinski definition) is 3. The topological polar surface area (TPSA) is 39.2 Å². The van der Waals surface area contributed by atoms with Crippen molar-refractivity contribution in [2.24, 2.45) is 0 Å². The molecule has 0 spiro atoms. The zero-order chi connectivity index (χ0) is 10.6. The van der Waals surface area contributed by atoms with E-state index in [1.165, 1.54) is 6.20 Å². The Kier molecular flexibility index (Phi) is 4.24. The molecule has 0 N–H and O–H groups in total. The summed E-state index contributed by atoms with van der Waals surface area (Å²) in [6, 6.07) is 1.55. The number of pyridine rings is 1. The predicted octanol–water partition coefficient (Wildman–Crippen LogP) is 1.93. The summed E-state index contributed by atoms with van der Waals surface area (Å²) in [5, 5.41) is 0. The molecule has 1 aromatic rings. The minimum Gasteiger partial charge on any atom is -0.466 e. The van der Waals surface area contributed by atoms with Gasteiger partial charge < -0.3 is 4.74 Å². The molecule has 0 aliphatic heterocycles. The summed E-state index contributed by atoms with van der Waals surface area (Å²) >= 11 is 1.85. The Morgan fingerprint density at radius 2 is 2.43 bits per heavy atom. The molecule has 0 aliphatic carbocycles. The zero-order valence-electron chi connectivity index (χ0n) is 7.59. The maximum absolute atomic E-state index is 13.3. The van der Waals surface area contributed by atoms with Gasteiger partial charge in [-0.05, 0) is 35.6 Å². The van der Waals surface area contributed by atoms with E-state index in [0.717, 1.165) is 0 Å². The van der Waals surface area contributed by atoms with Gasteiger partial charge in [-0.1, -0.05) is 0 Å². The maximum Gasteiger partial charge on any atom is 0.311 e. The van der Waals surface area contributed by atoms with E-state index in [1.54, 1.807) is 13.0 Å². The van der Waals surface area contributed by atoms with Crippen LogP contribution in [-0.2, 0) is 16.0 Å². The highest BCUT2D eigenvalue weighted by molar-refractivity contribution is 14.1. The van der Waals surface area contributed by atoms with Gasteiger partial charge in [-0.2, -0.15) is 0 Å². The molecular weight excluding hydrogens is 300 g/mol. The van der Waals surface area contributed by atoms with Gasteiger partial charge in [0.05, 0.1) is 22.3 Å². The fourth-order valence-corrected chi connectivity index (χ4v) is 1.40. The summed E-state index contributed by atoms with van der Waals surface area (Å²) in [6.07, 6.45) is 1.36. The lowest BCUT2D eigenvalue weighted by atomic mass is 10.2. The number of esters is 1. The summed E-state index contributed by atoms with van der Waals surface area (Å²) in [5.74, 6) is -0.901.